The molecule has 1 rings (SSSR count). The first-order chi connectivity index (χ1) is 5.72. The van der Waals surface area contributed by atoms with E-state index < -0.39 is 0 Å². The van der Waals surface area contributed by atoms with E-state index in [1.165, 1.54) is 5.56 Å². The molecule has 0 bridgehead atoms. The van der Waals surface area contributed by atoms with Gasteiger partial charge in [-0.2, -0.15) is 0 Å². The molecule has 0 saturated carbocycles. The molecule has 0 aliphatic rings. The lowest BCUT2D eigenvalue weighted by Crippen LogP contribution is -1.95. The van der Waals surface area contributed by atoms with Crippen LogP contribution in [-0.2, 0) is 6.42 Å². The van der Waals surface area contributed by atoms with Crippen molar-refractivity contribution in [1.29, 1.82) is 0 Å². The van der Waals surface area contributed by atoms with Crippen LogP contribution in [0.3, 0.4) is 0 Å². The molecule has 0 aromatic carbocycles. The van der Waals surface area contributed by atoms with E-state index in [4.69, 9.17) is 4.74 Å². The van der Waals surface area contributed by atoms with Crippen molar-refractivity contribution >= 4 is 0 Å². The van der Waals surface area contributed by atoms with Crippen molar-refractivity contribution in [3.05, 3.63) is 24.0 Å². The lowest BCUT2D eigenvalue weighted by Gasteiger charge is -2.05. The molecule has 1 aromatic heterocycles. The topological polar surface area (TPSA) is 22.1 Å². The van der Waals surface area contributed by atoms with Crippen LogP contribution in [0.4, 0.5) is 0 Å². The van der Waals surface area contributed by atoms with E-state index in [9.17, 15) is 0 Å². The minimum absolute atomic E-state index is 0.666. The molecule has 2 nitrogen and oxygen atoms in total. The number of pyridine rings is 1. The third-order valence-corrected chi connectivity index (χ3v) is 1.65. The zero-order chi connectivity index (χ0) is 8.97. The molecule has 1 heterocycles. The van der Waals surface area contributed by atoms with E-state index in [0.717, 1.165) is 12.2 Å². The summed E-state index contributed by atoms with van der Waals surface area (Å²) in [5.41, 5.74) is 1.24. The van der Waals surface area contributed by atoms with Crippen molar-refractivity contribution in [1.82, 2.24) is 4.98 Å². The van der Waals surface area contributed by atoms with Gasteiger partial charge in [0.25, 0.3) is 0 Å². The fourth-order valence-corrected chi connectivity index (χ4v) is 1.16. The monoisotopic (exact) mass is 165 g/mol. The Balaban J connectivity index is 2.72. The average molecular weight is 165 g/mol. The Kier molecular flexibility index (Phi) is 3.09. The molecule has 0 N–H and O–H groups in total. The number of aromatic nitrogens is 1. The molecule has 0 spiro atoms. The van der Waals surface area contributed by atoms with Gasteiger partial charge in [-0.3, -0.25) is 4.98 Å². The number of rotatable bonds is 3. The summed E-state index contributed by atoms with van der Waals surface area (Å²) in [5.74, 6) is 1.51. The maximum absolute atomic E-state index is 5.07. The van der Waals surface area contributed by atoms with Crippen molar-refractivity contribution in [2.45, 2.75) is 20.3 Å². The van der Waals surface area contributed by atoms with E-state index in [1.807, 2.05) is 12.3 Å². The van der Waals surface area contributed by atoms with Gasteiger partial charge < -0.3 is 4.74 Å². The fourth-order valence-electron chi connectivity index (χ4n) is 1.16. The van der Waals surface area contributed by atoms with Gasteiger partial charge in [0, 0.05) is 6.20 Å². The number of nitrogens with zero attached hydrogens (tertiary/aromatic N) is 1. The van der Waals surface area contributed by atoms with Crippen LogP contribution in [0.1, 0.15) is 19.4 Å². The molecule has 0 atom stereocenters. The first-order valence-electron chi connectivity index (χ1n) is 4.20. The third-order valence-electron chi connectivity index (χ3n) is 1.65. The van der Waals surface area contributed by atoms with Crippen molar-refractivity contribution < 1.29 is 4.74 Å². The second kappa shape index (κ2) is 4.10. The van der Waals surface area contributed by atoms with Gasteiger partial charge in [0.2, 0.25) is 0 Å². The molecule has 0 unspecified atom stereocenters. The van der Waals surface area contributed by atoms with Gasteiger partial charge in [-0.1, -0.05) is 13.8 Å². The Morgan fingerprint density at radius 3 is 2.75 bits per heavy atom. The minimum atomic E-state index is 0.666. The second-order valence-corrected chi connectivity index (χ2v) is 3.33. The van der Waals surface area contributed by atoms with Gasteiger partial charge in [-0.15, -0.1) is 0 Å². The van der Waals surface area contributed by atoms with Crippen LogP contribution in [0.2, 0.25) is 0 Å². The molecule has 1 aromatic rings. The van der Waals surface area contributed by atoms with Gasteiger partial charge in [0.1, 0.15) is 5.75 Å². The summed E-state index contributed by atoms with van der Waals surface area (Å²) in [5, 5.41) is 0. The maximum atomic E-state index is 5.07. The Labute approximate surface area is 73.6 Å². The SMILES string of the molecule is COc1cncc(CC(C)C)c1. The largest absolute Gasteiger partial charge is 0.495 e. The Morgan fingerprint density at radius 1 is 1.42 bits per heavy atom. The zero-order valence-electron chi connectivity index (χ0n) is 7.87. The smallest absolute Gasteiger partial charge is 0.137 e. The first-order valence-corrected chi connectivity index (χ1v) is 4.20. The normalized spacial score (nSPS) is 10.3. The summed E-state index contributed by atoms with van der Waals surface area (Å²) >= 11 is 0. The lowest BCUT2D eigenvalue weighted by atomic mass is 10.1. The van der Waals surface area contributed by atoms with Gasteiger partial charge in [0.15, 0.2) is 0 Å². The highest BCUT2D eigenvalue weighted by Crippen LogP contribution is 2.13. The molecule has 0 aliphatic carbocycles. The molecule has 12 heavy (non-hydrogen) atoms. The molecular weight excluding hydrogens is 150 g/mol. The summed E-state index contributed by atoms with van der Waals surface area (Å²) < 4.78 is 5.07. The number of methoxy groups -OCH3 is 1. The molecule has 0 radical (unpaired) electrons. The second-order valence-electron chi connectivity index (χ2n) is 3.33. The number of hydrogen-bond donors (Lipinski definition) is 0. The van der Waals surface area contributed by atoms with Crippen LogP contribution >= 0.6 is 0 Å². The highest BCUT2D eigenvalue weighted by atomic mass is 16.5. The van der Waals surface area contributed by atoms with E-state index in [2.05, 4.69) is 18.8 Å². The van der Waals surface area contributed by atoms with Crippen LogP contribution in [0, 0.1) is 5.92 Å². The Hall–Kier alpha value is -1.05. The summed E-state index contributed by atoms with van der Waals surface area (Å²) in [6, 6.07) is 2.03. The minimum Gasteiger partial charge on any atom is -0.495 e. The quantitative estimate of drug-likeness (QED) is 0.685. The Bertz CT molecular complexity index is 245. The molecule has 66 valence electrons. The third kappa shape index (κ3) is 2.53. The van der Waals surface area contributed by atoms with Gasteiger partial charge in [-0.25, -0.2) is 0 Å². The Morgan fingerprint density at radius 2 is 2.17 bits per heavy atom. The summed E-state index contributed by atoms with van der Waals surface area (Å²) in [4.78, 5) is 4.08. The number of ether oxygens (including phenoxy) is 1. The van der Waals surface area contributed by atoms with Crippen LogP contribution < -0.4 is 4.74 Å². The van der Waals surface area contributed by atoms with Crippen molar-refractivity contribution in [3.8, 4) is 5.75 Å². The van der Waals surface area contributed by atoms with Crippen LogP contribution in [0.25, 0.3) is 0 Å². The molecular formula is C10H15NO. The first kappa shape index (κ1) is 9.04. The predicted octanol–water partition coefficient (Wildman–Crippen LogP) is 2.29. The standard InChI is InChI=1S/C10H15NO/c1-8(2)4-9-5-10(12-3)7-11-6-9/h5-8H,4H2,1-3H3. The van der Waals surface area contributed by atoms with Crippen LogP contribution in [0.5, 0.6) is 5.75 Å². The molecule has 2 heteroatoms. The lowest BCUT2D eigenvalue weighted by molar-refractivity contribution is 0.412. The molecule has 0 saturated heterocycles. The zero-order valence-corrected chi connectivity index (χ0v) is 7.87. The number of hydrogen-bond acceptors (Lipinski definition) is 2. The summed E-state index contributed by atoms with van der Waals surface area (Å²) in [6.45, 7) is 4.39. The van der Waals surface area contributed by atoms with Gasteiger partial charge in [0.05, 0.1) is 13.3 Å². The summed E-state index contributed by atoms with van der Waals surface area (Å²) in [6.07, 6.45) is 4.68. The average Bonchev–Trinajstić information content (AvgIpc) is 2.03. The van der Waals surface area contributed by atoms with E-state index in [0.29, 0.717) is 5.92 Å². The van der Waals surface area contributed by atoms with Gasteiger partial charge >= 0.3 is 0 Å². The van der Waals surface area contributed by atoms with Gasteiger partial charge in [-0.05, 0) is 24.0 Å². The van der Waals surface area contributed by atoms with Crippen LogP contribution in [-0.4, -0.2) is 12.1 Å². The highest BCUT2D eigenvalue weighted by molar-refractivity contribution is 5.23. The van der Waals surface area contributed by atoms with E-state index >= 15 is 0 Å². The summed E-state index contributed by atoms with van der Waals surface area (Å²) in [7, 11) is 1.66. The molecule has 0 fully saturated rings. The van der Waals surface area contributed by atoms with Crippen molar-refractivity contribution in [2.24, 2.45) is 5.92 Å². The van der Waals surface area contributed by atoms with Crippen LogP contribution in [0.15, 0.2) is 18.5 Å². The highest BCUT2D eigenvalue weighted by Gasteiger charge is 1.99. The maximum Gasteiger partial charge on any atom is 0.137 e. The van der Waals surface area contributed by atoms with Crippen molar-refractivity contribution in [3.63, 3.8) is 0 Å². The molecule has 0 aliphatic heterocycles. The molecule has 0 amide bonds. The van der Waals surface area contributed by atoms with E-state index in [-0.39, 0.29) is 0 Å². The predicted molar refractivity (Wildman–Crippen MR) is 49.3 cm³/mol. The van der Waals surface area contributed by atoms with Crippen molar-refractivity contribution in [2.75, 3.05) is 7.11 Å². The fraction of sp³-hybridized carbons (Fsp3) is 0.500. The van der Waals surface area contributed by atoms with E-state index in [1.54, 1.807) is 13.3 Å².